The second-order valence-electron chi connectivity index (χ2n) is 4.57. The largest absolute Gasteiger partial charge is 0.418 e. The van der Waals surface area contributed by atoms with Crippen molar-refractivity contribution in [3.05, 3.63) is 28.2 Å². The molecule has 1 aliphatic heterocycles. The van der Waals surface area contributed by atoms with Gasteiger partial charge in [-0.2, -0.15) is 13.2 Å². The van der Waals surface area contributed by atoms with Crippen LogP contribution in [0.3, 0.4) is 0 Å². The van der Waals surface area contributed by atoms with Crippen LogP contribution in [0.15, 0.2) is 22.7 Å². The average molecular weight is 340 g/mol. The summed E-state index contributed by atoms with van der Waals surface area (Å²) < 4.78 is 44.1. The summed E-state index contributed by atoms with van der Waals surface area (Å²) in [7, 11) is 0. The van der Waals surface area contributed by atoms with Crippen LogP contribution < -0.4 is 5.32 Å². The molecule has 0 aliphatic carbocycles. The first-order valence-electron chi connectivity index (χ1n) is 5.71. The normalized spacial score (nSPS) is 23.6. The maximum Gasteiger partial charge on any atom is 0.418 e. The first-order chi connectivity index (χ1) is 8.80. The van der Waals surface area contributed by atoms with E-state index in [2.05, 4.69) is 21.2 Å². The molecule has 0 aromatic heterocycles. The molecular weight excluding hydrogens is 327 g/mol. The summed E-state index contributed by atoms with van der Waals surface area (Å²) >= 11 is 3.14. The number of hydrogen-bond acceptors (Lipinski definition) is 3. The van der Waals surface area contributed by atoms with Gasteiger partial charge >= 0.3 is 6.18 Å². The second-order valence-corrected chi connectivity index (χ2v) is 5.48. The second kappa shape index (κ2) is 5.30. The molecule has 1 fully saturated rings. The lowest BCUT2D eigenvalue weighted by molar-refractivity contribution is -0.137. The maximum atomic E-state index is 12.8. The van der Waals surface area contributed by atoms with Crippen LogP contribution in [-0.2, 0) is 10.9 Å². The number of hydrogen-bond donors (Lipinski definition) is 2. The van der Waals surface area contributed by atoms with Crippen molar-refractivity contribution < 1.29 is 23.0 Å². The van der Waals surface area contributed by atoms with Crippen molar-refractivity contribution in [2.24, 2.45) is 0 Å². The van der Waals surface area contributed by atoms with Crippen LogP contribution in [0, 0.1) is 0 Å². The highest BCUT2D eigenvalue weighted by Crippen LogP contribution is 2.36. The predicted octanol–water partition coefficient (Wildman–Crippen LogP) is 3.03. The number of halogens is 4. The SMILES string of the molecule is OC1(CNc2cc(Br)ccc2C(F)(F)F)CCOC1. The van der Waals surface area contributed by atoms with E-state index in [4.69, 9.17) is 4.74 Å². The van der Waals surface area contributed by atoms with Crippen molar-refractivity contribution in [3.63, 3.8) is 0 Å². The van der Waals surface area contributed by atoms with E-state index in [0.717, 1.165) is 6.07 Å². The minimum atomic E-state index is -4.43. The monoisotopic (exact) mass is 339 g/mol. The lowest BCUT2D eigenvalue weighted by Gasteiger charge is -2.23. The Morgan fingerprint density at radius 1 is 1.42 bits per heavy atom. The van der Waals surface area contributed by atoms with Gasteiger partial charge in [-0.1, -0.05) is 15.9 Å². The van der Waals surface area contributed by atoms with Gasteiger partial charge in [-0.05, 0) is 18.2 Å². The lowest BCUT2D eigenvalue weighted by Crippen LogP contribution is -2.37. The van der Waals surface area contributed by atoms with E-state index in [1.165, 1.54) is 12.1 Å². The van der Waals surface area contributed by atoms with Gasteiger partial charge in [0.05, 0.1) is 12.2 Å². The molecule has 1 aromatic rings. The quantitative estimate of drug-likeness (QED) is 0.889. The minimum Gasteiger partial charge on any atom is -0.386 e. The Kier molecular flexibility index (Phi) is 4.08. The highest BCUT2D eigenvalue weighted by atomic mass is 79.9. The summed E-state index contributed by atoms with van der Waals surface area (Å²) in [5.74, 6) is 0. The van der Waals surface area contributed by atoms with Crippen LogP contribution in [0.4, 0.5) is 18.9 Å². The van der Waals surface area contributed by atoms with Gasteiger partial charge in [-0.3, -0.25) is 0 Å². The van der Waals surface area contributed by atoms with Gasteiger partial charge in [0.1, 0.15) is 5.60 Å². The van der Waals surface area contributed by atoms with Gasteiger partial charge in [-0.25, -0.2) is 0 Å². The van der Waals surface area contributed by atoms with Gasteiger partial charge in [-0.15, -0.1) is 0 Å². The van der Waals surface area contributed by atoms with Crippen LogP contribution in [0.1, 0.15) is 12.0 Å². The summed E-state index contributed by atoms with van der Waals surface area (Å²) in [6.07, 6.45) is -4.02. The molecule has 1 atom stereocenters. The van der Waals surface area contributed by atoms with E-state index in [0.29, 0.717) is 17.5 Å². The highest BCUT2D eigenvalue weighted by Gasteiger charge is 2.36. The van der Waals surface area contributed by atoms with Gasteiger partial charge in [0.2, 0.25) is 0 Å². The van der Waals surface area contributed by atoms with E-state index in [9.17, 15) is 18.3 Å². The van der Waals surface area contributed by atoms with E-state index in [1.54, 1.807) is 0 Å². The van der Waals surface area contributed by atoms with Crippen molar-refractivity contribution in [2.75, 3.05) is 25.1 Å². The number of anilines is 1. The number of alkyl halides is 3. The minimum absolute atomic E-state index is 0.0204. The summed E-state index contributed by atoms with van der Waals surface area (Å²) in [4.78, 5) is 0. The molecule has 7 heteroatoms. The average Bonchev–Trinajstić information content (AvgIpc) is 2.73. The molecule has 0 radical (unpaired) electrons. The van der Waals surface area contributed by atoms with E-state index >= 15 is 0 Å². The molecule has 0 saturated carbocycles. The predicted molar refractivity (Wildman–Crippen MR) is 68.0 cm³/mol. The Morgan fingerprint density at radius 3 is 2.74 bits per heavy atom. The third-order valence-corrected chi connectivity index (χ3v) is 3.47. The van der Waals surface area contributed by atoms with Crippen molar-refractivity contribution in [2.45, 2.75) is 18.2 Å². The fourth-order valence-corrected chi connectivity index (χ4v) is 2.27. The zero-order valence-corrected chi connectivity index (χ0v) is 11.5. The Bertz CT molecular complexity index is 459. The van der Waals surface area contributed by atoms with Crippen molar-refractivity contribution in [1.29, 1.82) is 0 Å². The Morgan fingerprint density at radius 2 is 2.16 bits per heavy atom. The molecule has 2 rings (SSSR count). The van der Waals surface area contributed by atoms with Crippen LogP contribution in [-0.4, -0.2) is 30.5 Å². The van der Waals surface area contributed by atoms with Gasteiger partial charge < -0.3 is 15.2 Å². The topological polar surface area (TPSA) is 41.5 Å². The number of rotatable bonds is 3. The molecule has 0 spiro atoms. The smallest absolute Gasteiger partial charge is 0.386 e. The summed E-state index contributed by atoms with van der Waals surface area (Å²) in [6.45, 7) is 0.574. The van der Waals surface area contributed by atoms with Crippen LogP contribution in [0.25, 0.3) is 0 Å². The van der Waals surface area contributed by atoms with Crippen molar-refractivity contribution >= 4 is 21.6 Å². The molecule has 0 amide bonds. The third kappa shape index (κ3) is 3.61. The summed E-state index contributed by atoms with van der Waals surface area (Å²) in [5, 5.41) is 12.7. The molecule has 1 aliphatic rings. The van der Waals surface area contributed by atoms with Crippen LogP contribution >= 0.6 is 15.9 Å². The molecule has 1 saturated heterocycles. The maximum absolute atomic E-state index is 12.8. The molecule has 3 nitrogen and oxygen atoms in total. The standard InChI is InChI=1S/C12H13BrF3NO2/c13-8-1-2-9(12(14,15)16)10(5-8)17-6-11(18)3-4-19-7-11/h1-2,5,17-18H,3-4,6-7H2. The molecule has 1 aromatic carbocycles. The molecule has 0 bridgehead atoms. The van der Waals surface area contributed by atoms with Crippen molar-refractivity contribution in [1.82, 2.24) is 0 Å². The number of benzene rings is 1. The fraction of sp³-hybridized carbons (Fsp3) is 0.500. The number of aliphatic hydroxyl groups is 1. The van der Waals surface area contributed by atoms with Gasteiger partial charge in [0.25, 0.3) is 0 Å². The Hall–Kier alpha value is -0.790. The summed E-state index contributed by atoms with van der Waals surface area (Å²) in [5.41, 5.74) is -1.91. The molecule has 19 heavy (non-hydrogen) atoms. The Balaban J connectivity index is 2.17. The number of nitrogens with one attached hydrogen (secondary N) is 1. The highest BCUT2D eigenvalue weighted by molar-refractivity contribution is 9.10. The molecule has 106 valence electrons. The van der Waals surface area contributed by atoms with Crippen LogP contribution in [0.5, 0.6) is 0 Å². The van der Waals surface area contributed by atoms with Gasteiger partial charge in [0, 0.05) is 29.7 Å². The summed E-state index contributed by atoms with van der Waals surface area (Å²) in [6, 6.07) is 3.69. The fourth-order valence-electron chi connectivity index (χ4n) is 1.91. The van der Waals surface area contributed by atoms with E-state index in [-0.39, 0.29) is 18.8 Å². The zero-order valence-electron chi connectivity index (χ0n) is 9.93. The van der Waals surface area contributed by atoms with Gasteiger partial charge in [0.15, 0.2) is 0 Å². The van der Waals surface area contributed by atoms with Crippen LogP contribution in [0.2, 0.25) is 0 Å². The van der Waals surface area contributed by atoms with Crippen molar-refractivity contribution in [3.8, 4) is 0 Å². The van der Waals surface area contributed by atoms with E-state index in [1.807, 2.05) is 0 Å². The first-order valence-corrected chi connectivity index (χ1v) is 6.50. The Labute approximate surface area is 116 Å². The van der Waals surface area contributed by atoms with E-state index < -0.39 is 17.3 Å². The molecule has 1 heterocycles. The first kappa shape index (κ1) is 14.6. The lowest BCUT2D eigenvalue weighted by atomic mass is 10.0. The number of ether oxygens (including phenoxy) is 1. The molecular formula is C12H13BrF3NO2. The third-order valence-electron chi connectivity index (χ3n) is 2.98. The molecule has 1 unspecified atom stereocenters. The zero-order chi connectivity index (χ0) is 14.1. The molecule has 2 N–H and O–H groups in total.